The molecule has 11 heteroatoms. The summed E-state index contributed by atoms with van der Waals surface area (Å²) in [4.78, 5) is 53.5. The molecule has 164 valence electrons. The largest absolute Gasteiger partial charge is 0.483 e. The van der Waals surface area contributed by atoms with Gasteiger partial charge in [-0.2, -0.15) is 4.98 Å². The van der Waals surface area contributed by atoms with Gasteiger partial charge in [0.2, 0.25) is 0 Å². The molecule has 0 saturated carbocycles. The molecule has 0 spiro atoms. The molecule has 0 unspecified atom stereocenters. The number of carbonyl (C=O) groups is 2. The number of fused-ring (bicyclic) bond motifs is 1. The third-order valence-corrected chi connectivity index (χ3v) is 5.08. The summed E-state index contributed by atoms with van der Waals surface area (Å²) >= 11 is 0. The summed E-state index contributed by atoms with van der Waals surface area (Å²) < 4.78 is 8.02. The molecule has 1 aromatic carbocycles. The molecule has 3 heterocycles. The summed E-state index contributed by atoms with van der Waals surface area (Å²) in [6.07, 6.45) is 0.725. The van der Waals surface area contributed by atoms with Gasteiger partial charge >= 0.3 is 5.69 Å². The van der Waals surface area contributed by atoms with Gasteiger partial charge in [0.25, 0.3) is 24.0 Å². The Morgan fingerprint density at radius 3 is 2.52 bits per heavy atom. The van der Waals surface area contributed by atoms with Crippen LogP contribution in [0.4, 0.5) is 6.01 Å². The summed E-state index contributed by atoms with van der Waals surface area (Å²) in [7, 11) is 2.89. The number of carboxylic acid groups (broad SMARTS) is 1. The van der Waals surface area contributed by atoms with Gasteiger partial charge in [0.1, 0.15) is 11.2 Å². The topological polar surface area (TPSA) is 131 Å². The van der Waals surface area contributed by atoms with Crippen molar-refractivity contribution in [2.45, 2.75) is 6.42 Å². The van der Waals surface area contributed by atoms with Crippen LogP contribution in [0.3, 0.4) is 0 Å². The number of benzene rings is 1. The van der Waals surface area contributed by atoms with Gasteiger partial charge in [-0.1, -0.05) is 12.1 Å². The van der Waals surface area contributed by atoms with Crippen LogP contribution in [0, 0.1) is 0 Å². The van der Waals surface area contributed by atoms with E-state index in [1.807, 2.05) is 29.2 Å². The molecular formula is C20H23N5O6. The van der Waals surface area contributed by atoms with E-state index in [1.165, 1.54) is 24.7 Å². The molecule has 0 aliphatic carbocycles. The van der Waals surface area contributed by atoms with Crippen LogP contribution in [0.5, 0.6) is 0 Å². The molecule has 1 saturated heterocycles. The lowest BCUT2D eigenvalue weighted by atomic mass is 10.3. The molecule has 1 N–H and O–H groups in total. The van der Waals surface area contributed by atoms with Gasteiger partial charge in [-0.15, -0.1) is 0 Å². The molecule has 1 fully saturated rings. The highest BCUT2D eigenvalue weighted by atomic mass is 16.4. The van der Waals surface area contributed by atoms with Crippen molar-refractivity contribution in [1.29, 1.82) is 0 Å². The molecule has 0 radical (unpaired) electrons. The maximum atomic E-state index is 12.9. The minimum Gasteiger partial charge on any atom is -0.483 e. The van der Waals surface area contributed by atoms with Crippen molar-refractivity contribution in [3.8, 4) is 0 Å². The summed E-state index contributed by atoms with van der Waals surface area (Å²) in [5.41, 5.74) is 0.617. The molecule has 0 bridgehead atoms. The fourth-order valence-corrected chi connectivity index (χ4v) is 3.41. The maximum Gasteiger partial charge on any atom is 0.331 e. The minimum atomic E-state index is -0.515. The molecular weight excluding hydrogens is 406 g/mol. The van der Waals surface area contributed by atoms with Crippen molar-refractivity contribution in [1.82, 2.24) is 19.0 Å². The Morgan fingerprint density at radius 2 is 1.81 bits per heavy atom. The number of nitrogens with zero attached hydrogens (tertiary/aromatic N) is 5. The normalized spacial score (nSPS) is 14.0. The van der Waals surface area contributed by atoms with Gasteiger partial charge in [0.15, 0.2) is 5.58 Å². The van der Waals surface area contributed by atoms with Crippen molar-refractivity contribution < 1.29 is 19.1 Å². The number of aromatic nitrogens is 3. The quantitative estimate of drug-likeness (QED) is 0.575. The average molecular weight is 429 g/mol. The van der Waals surface area contributed by atoms with Crippen molar-refractivity contribution in [3.63, 3.8) is 0 Å². The van der Waals surface area contributed by atoms with E-state index in [9.17, 15) is 14.4 Å². The smallest absolute Gasteiger partial charge is 0.331 e. The average Bonchev–Trinajstić information content (AvgIpc) is 3.04. The molecule has 11 nitrogen and oxygen atoms in total. The van der Waals surface area contributed by atoms with E-state index in [0.29, 0.717) is 32.2 Å². The second-order valence-electron chi connectivity index (χ2n) is 6.97. The monoisotopic (exact) mass is 429 g/mol. The zero-order chi connectivity index (χ0) is 22.5. The second kappa shape index (κ2) is 9.28. The number of hydrogen-bond donors (Lipinski definition) is 1. The molecule has 2 aromatic heterocycles. The standard InChI is InChI=1S/C19H21N5O4.CH2O2/c1-21-14(12-16(25)22(2)19(21)27)17(26)23-8-5-9-24(11-10-23)18-20-13-6-3-4-7-15(13)28-18;2-1-3/h3-4,6-7,12H,5,8-11H2,1-2H3;1H,(H,2,3). The number of para-hydroxylation sites is 2. The Labute approximate surface area is 176 Å². The Bertz CT molecular complexity index is 1180. The molecule has 4 rings (SSSR count). The lowest BCUT2D eigenvalue weighted by molar-refractivity contribution is -0.122. The number of hydrogen-bond acceptors (Lipinski definition) is 7. The predicted octanol–water partition coefficient (Wildman–Crippen LogP) is 0.279. The predicted molar refractivity (Wildman–Crippen MR) is 112 cm³/mol. The van der Waals surface area contributed by atoms with Gasteiger partial charge in [-0.05, 0) is 18.6 Å². The van der Waals surface area contributed by atoms with Gasteiger partial charge in [0.05, 0.1) is 0 Å². The minimum absolute atomic E-state index is 0.100. The Morgan fingerprint density at radius 1 is 1.10 bits per heavy atom. The van der Waals surface area contributed by atoms with Crippen LogP contribution in [-0.2, 0) is 18.9 Å². The van der Waals surface area contributed by atoms with E-state index in [-0.39, 0.29) is 18.1 Å². The first-order valence-electron chi connectivity index (χ1n) is 9.62. The van der Waals surface area contributed by atoms with Crippen LogP contribution in [0.1, 0.15) is 16.9 Å². The highest BCUT2D eigenvalue weighted by Crippen LogP contribution is 2.22. The van der Waals surface area contributed by atoms with Crippen molar-refractivity contribution in [2.24, 2.45) is 14.1 Å². The molecule has 31 heavy (non-hydrogen) atoms. The first-order valence-corrected chi connectivity index (χ1v) is 9.62. The van der Waals surface area contributed by atoms with Crippen LogP contribution < -0.4 is 16.1 Å². The highest BCUT2D eigenvalue weighted by molar-refractivity contribution is 5.92. The molecule has 3 aromatic rings. The number of oxazole rings is 1. The number of anilines is 1. The van der Waals surface area contributed by atoms with Gasteiger partial charge < -0.3 is 19.3 Å². The lowest BCUT2D eigenvalue weighted by Gasteiger charge is -2.22. The van der Waals surface area contributed by atoms with Crippen LogP contribution >= 0.6 is 0 Å². The molecule has 1 aliphatic rings. The van der Waals surface area contributed by atoms with E-state index in [2.05, 4.69) is 4.98 Å². The third-order valence-electron chi connectivity index (χ3n) is 5.08. The number of rotatable bonds is 2. The fraction of sp³-hybridized carbons (Fsp3) is 0.350. The summed E-state index contributed by atoms with van der Waals surface area (Å²) in [5, 5.41) is 6.89. The summed E-state index contributed by atoms with van der Waals surface area (Å²) in [6.45, 7) is 1.98. The zero-order valence-corrected chi connectivity index (χ0v) is 17.2. The van der Waals surface area contributed by atoms with Crippen LogP contribution in [0.25, 0.3) is 11.1 Å². The summed E-state index contributed by atoms with van der Waals surface area (Å²) in [5.74, 6) is -0.322. The van der Waals surface area contributed by atoms with Gasteiger partial charge in [-0.25, -0.2) is 4.79 Å². The number of amides is 1. The van der Waals surface area contributed by atoms with Crippen molar-refractivity contribution in [2.75, 3.05) is 31.1 Å². The van der Waals surface area contributed by atoms with E-state index in [1.54, 1.807) is 4.90 Å². The Hall–Kier alpha value is -3.89. The zero-order valence-electron chi connectivity index (χ0n) is 17.2. The summed E-state index contributed by atoms with van der Waals surface area (Å²) in [6, 6.07) is 9.33. The van der Waals surface area contributed by atoms with Crippen LogP contribution in [0.2, 0.25) is 0 Å². The van der Waals surface area contributed by atoms with Crippen LogP contribution in [0.15, 0.2) is 44.3 Å². The van der Waals surface area contributed by atoms with E-state index < -0.39 is 11.2 Å². The van der Waals surface area contributed by atoms with Gasteiger partial charge in [-0.3, -0.25) is 23.5 Å². The lowest BCUT2D eigenvalue weighted by Crippen LogP contribution is -2.43. The van der Waals surface area contributed by atoms with Crippen LogP contribution in [-0.4, -0.2) is 62.7 Å². The first kappa shape index (κ1) is 21.8. The Kier molecular flexibility index (Phi) is 6.53. The maximum absolute atomic E-state index is 12.9. The first-order chi connectivity index (χ1) is 14.9. The van der Waals surface area contributed by atoms with E-state index in [4.69, 9.17) is 14.3 Å². The highest BCUT2D eigenvalue weighted by Gasteiger charge is 2.25. The molecule has 1 aliphatic heterocycles. The van der Waals surface area contributed by atoms with Crippen molar-refractivity contribution >= 4 is 29.5 Å². The van der Waals surface area contributed by atoms with E-state index in [0.717, 1.165) is 22.1 Å². The van der Waals surface area contributed by atoms with E-state index >= 15 is 0 Å². The SMILES string of the molecule is Cn1c(C(=O)N2CCCN(c3nc4ccccc4o3)CC2)cc(=O)n(C)c1=O.O=CO. The van der Waals surface area contributed by atoms with Gasteiger partial charge in [0, 0.05) is 46.3 Å². The van der Waals surface area contributed by atoms with Crippen molar-refractivity contribution in [3.05, 3.63) is 56.9 Å². The second-order valence-corrected chi connectivity index (χ2v) is 6.97. The fourth-order valence-electron chi connectivity index (χ4n) is 3.41. The molecule has 1 amide bonds. The molecule has 0 atom stereocenters. The number of carbonyl (C=O) groups excluding carboxylic acids is 1. The third kappa shape index (κ3) is 4.49. The Balaban J connectivity index is 0.000000858.